The lowest BCUT2D eigenvalue weighted by molar-refractivity contribution is -0.127. The molecular weight excluding hydrogens is 408 g/mol. The molecule has 31 heavy (non-hydrogen) atoms. The number of amides is 2. The monoisotopic (exact) mass is 438 g/mol. The molecule has 1 saturated carbocycles. The topological polar surface area (TPSA) is 65.0 Å². The van der Waals surface area contributed by atoms with E-state index in [0.717, 1.165) is 35.0 Å². The minimum absolute atomic E-state index is 0.00885. The Labute approximate surface area is 188 Å². The molecule has 1 aromatic rings. The Hall–Kier alpha value is -2.54. The minimum Gasteiger partial charge on any atom is -0.353 e. The number of benzene rings is 1. The van der Waals surface area contributed by atoms with Gasteiger partial charge in [-0.2, -0.15) is 0 Å². The summed E-state index contributed by atoms with van der Waals surface area (Å²) in [6.45, 7) is 9.25. The van der Waals surface area contributed by atoms with E-state index >= 15 is 0 Å². The number of carbonyl (C=O) groups excluding carboxylic acids is 2. The molecule has 0 bridgehead atoms. The molecule has 0 spiro atoms. The van der Waals surface area contributed by atoms with Crippen molar-refractivity contribution in [2.24, 2.45) is 4.99 Å². The van der Waals surface area contributed by atoms with Crippen LogP contribution in [0.25, 0.3) is 0 Å². The quantitative estimate of drug-likeness (QED) is 0.696. The Bertz CT molecular complexity index is 972. The first kappa shape index (κ1) is 21.7. The highest BCUT2D eigenvalue weighted by Crippen LogP contribution is 2.45. The summed E-state index contributed by atoms with van der Waals surface area (Å²) in [6, 6.07) is 8.33. The summed E-state index contributed by atoms with van der Waals surface area (Å²) in [4.78, 5) is 34.8. The Morgan fingerprint density at radius 3 is 2.45 bits per heavy atom. The largest absolute Gasteiger partial charge is 0.353 e. The Morgan fingerprint density at radius 1 is 1.16 bits per heavy atom. The number of amidine groups is 1. The average molecular weight is 439 g/mol. The lowest BCUT2D eigenvalue weighted by Crippen LogP contribution is -2.42. The van der Waals surface area contributed by atoms with Crippen LogP contribution in [0.5, 0.6) is 0 Å². The van der Waals surface area contributed by atoms with Crippen LogP contribution in [0.4, 0.5) is 0 Å². The number of nitrogens with zero attached hydrogens (tertiary/aromatic N) is 3. The van der Waals surface area contributed by atoms with Crippen LogP contribution in [-0.2, 0) is 9.59 Å². The lowest BCUT2D eigenvalue weighted by atomic mass is 9.92. The van der Waals surface area contributed by atoms with Crippen molar-refractivity contribution in [1.82, 2.24) is 15.1 Å². The Morgan fingerprint density at radius 2 is 1.84 bits per heavy atom. The normalized spacial score (nSPS) is 20.3. The fourth-order valence-corrected chi connectivity index (χ4v) is 5.02. The molecule has 7 heteroatoms. The standard InChI is InChI=1S/C24H30N4O2S/c1-5-27(6-2)23(30)21-16(4)25-24-28(22(21)17-9-7-15(3)8-10-17)19(14-31-24)13-20(29)26-18-11-12-18/h7-10,14,18,22H,5-6,11-13H2,1-4H3,(H,26,29). The van der Waals surface area contributed by atoms with Crippen LogP contribution < -0.4 is 5.32 Å². The van der Waals surface area contributed by atoms with E-state index in [1.54, 1.807) is 0 Å². The highest BCUT2D eigenvalue weighted by Gasteiger charge is 2.41. The molecule has 1 unspecified atom stereocenters. The molecule has 1 atom stereocenters. The van der Waals surface area contributed by atoms with Crippen LogP contribution in [0.3, 0.4) is 0 Å². The summed E-state index contributed by atoms with van der Waals surface area (Å²) in [5.74, 6) is 0.0377. The Balaban J connectivity index is 1.73. The highest BCUT2D eigenvalue weighted by molar-refractivity contribution is 8.16. The van der Waals surface area contributed by atoms with E-state index in [4.69, 9.17) is 4.99 Å². The van der Waals surface area contributed by atoms with Crippen LogP contribution in [0.2, 0.25) is 0 Å². The lowest BCUT2D eigenvalue weighted by Gasteiger charge is -2.38. The van der Waals surface area contributed by atoms with Crippen molar-refractivity contribution in [3.8, 4) is 0 Å². The third kappa shape index (κ3) is 4.42. The van der Waals surface area contributed by atoms with Crippen LogP contribution in [0.15, 0.2) is 51.6 Å². The maximum absolute atomic E-state index is 13.6. The van der Waals surface area contributed by atoms with Crippen LogP contribution in [0.1, 0.15) is 57.2 Å². The summed E-state index contributed by atoms with van der Waals surface area (Å²) in [7, 11) is 0. The average Bonchev–Trinajstić information content (AvgIpc) is 3.47. The molecule has 1 aromatic carbocycles. The molecule has 3 aliphatic rings. The second kappa shape index (κ2) is 8.91. The zero-order valence-electron chi connectivity index (χ0n) is 18.6. The number of hydrogen-bond donors (Lipinski definition) is 1. The molecule has 164 valence electrons. The van der Waals surface area contributed by atoms with Crippen molar-refractivity contribution in [1.29, 1.82) is 0 Å². The molecule has 6 nitrogen and oxygen atoms in total. The number of aliphatic imine (C=N–C) groups is 1. The number of hydrogen-bond acceptors (Lipinski definition) is 5. The molecule has 4 rings (SSSR count). The fraction of sp³-hybridized carbons (Fsp3) is 0.458. The summed E-state index contributed by atoms with van der Waals surface area (Å²) < 4.78 is 0. The third-order valence-electron chi connectivity index (χ3n) is 5.96. The van der Waals surface area contributed by atoms with Gasteiger partial charge in [0, 0.05) is 24.8 Å². The van der Waals surface area contributed by atoms with Gasteiger partial charge in [-0.05, 0) is 51.5 Å². The molecule has 1 aliphatic carbocycles. The van der Waals surface area contributed by atoms with Gasteiger partial charge in [0.15, 0.2) is 5.17 Å². The smallest absolute Gasteiger partial charge is 0.254 e. The molecule has 1 N–H and O–H groups in total. The summed E-state index contributed by atoms with van der Waals surface area (Å²) in [6.07, 6.45) is 2.41. The van der Waals surface area contributed by atoms with Crippen LogP contribution in [0, 0.1) is 6.92 Å². The van der Waals surface area contributed by atoms with E-state index < -0.39 is 0 Å². The predicted octanol–water partition coefficient (Wildman–Crippen LogP) is 4.11. The first-order chi connectivity index (χ1) is 14.9. The SMILES string of the molecule is CCN(CC)C(=O)C1=C(C)N=C2SC=C(CC(=O)NC3CC3)N2C1c1ccc(C)cc1. The summed E-state index contributed by atoms with van der Waals surface area (Å²) >= 11 is 1.52. The van der Waals surface area contributed by atoms with Crippen molar-refractivity contribution in [3.63, 3.8) is 0 Å². The van der Waals surface area contributed by atoms with Crippen molar-refractivity contribution < 1.29 is 9.59 Å². The van der Waals surface area contributed by atoms with Crippen LogP contribution in [-0.4, -0.2) is 45.9 Å². The van der Waals surface area contributed by atoms with E-state index in [1.807, 2.05) is 31.1 Å². The van der Waals surface area contributed by atoms with Crippen molar-refractivity contribution in [3.05, 3.63) is 57.8 Å². The first-order valence-corrected chi connectivity index (χ1v) is 11.9. The van der Waals surface area contributed by atoms with E-state index in [0.29, 0.717) is 24.7 Å². The van der Waals surface area contributed by atoms with Gasteiger partial charge in [0.1, 0.15) is 0 Å². The van der Waals surface area contributed by atoms with Gasteiger partial charge in [0.2, 0.25) is 5.91 Å². The van der Waals surface area contributed by atoms with Gasteiger partial charge in [-0.15, -0.1) is 0 Å². The molecule has 1 fully saturated rings. The van der Waals surface area contributed by atoms with Gasteiger partial charge in [0.25, 0.3) is 5.91 Å². The van der Waals surface area contributed by atoms with Crippen molar-refractivity contribution in [2.45, 2.75) is 59.0 Å². The van der Waals surface area contributed by atoms with Gasteiger partial charge in [-0.25, -0.2) is 4.99 Å². The maximum atomic E-state index is 13.6. The molecule has 0 aromatic heterocycles. The zero-order chi connectivity index (χ0) is 22.1. The van der Waals surface area contributed by atoms with E-state index in [2.05, 4.69) is 41.4 Å². The zero-order valence-corrected chi connectivity index (χ0v) is 19.5. The molecular formula is C24H30N4O2S. The number of aryl methyl sites for hydroxylation is 1. The van der Waals surface area contributed by atoms with Gasteiger partial charge < -0.3 is 15.1 Å². The summed E-state index contributed by atoms with van der Waals surface area (Å²) in [5, 5.41) is 5.91. The van der Waals surface area contributed by atoms with E-state index in [-0.39, 0.29) is 24.3 Å². The Kier molecular flexibility index (Phi) is 6.23. The van der Waals surface area contributed by atoms with Gasteiger partial charge in [-0.3, -0.25) is 9.59 Å². The number of rotatable bonds is 7. The third-order valence-corrected chi connectivity index (χ3v) is 6.85. The number of thioether (sulfide) groups is 1. The van der Waals surface area contributed by atoms with Gasteiger partial charge in [-0.1, -0.05) is 41.6 Å². The molecule has 2 amide bonds. The van der Waals surface area contributed by atoms with E-state index in [9.17, 15) is 9.59 Å². The number of carbonyl (C=O) groups is 2. The fourth-order valence-electron chi connectivity index (χ4n) is 4.06. The second-order valence-electron chi connectivity index (χ2n) is 8.30. The number of likely N-dealkylation sites (N-methyl/N-ethyl adjacent to an activating group) is 1. The second-order valence-corrected chi connectivity index (χ2v) is 9.14. The van der Waals surface area contributed by atoms with Gasteiger partial charge in [0.05, 0.1) is 23.7 Å². The molecule has 0 radical (unpaired) electrons. The van der Waals surface area contributed by atoms with Crippen molar-refractivity contribution in [2.75, 3.05) is 13.1 Å². The first-order valence-electron chi connectivity index (χ1n) is 11.0. The summed E-state index contributed by atoms with van der Waals surface area (Å²) in [5.41, 5.74) is 4.53. The van der Waals surface area contributed by atoms with Crippen LogP contribution >= 0.6 is 11.8 Å². The number of fused-ring (bicyclic) bond motifs is 1. The number of allylic oxidation sites excluding steroid dienone is 1. The number of nitrogens with one attached hydrogen (secondary N) is 1. The van der Waals surface area contributed by atoms with E-state index in [1.165, 1.54) is 17.3 Å². The molecule has 0 saturated heterocycles. The predicted molar refractivity (Wildman–Crippen MR) is 125 cm³/mol. The molecule has 2 heterocycles. The maximum Gasteiger partial charge on any atom is 0.254 e. The minimum atomic E-state index is -0.295. The highest BCUT2D eigenvalue weighted by atomic mass is 32.2. The van der Waals surface area contributed by atoms with Crippen molar-refractivity contribution >= 4 is 28.7 Å². The molecule has 2 aliphatic heterocycles. The van der Waals surface area contributed by atoms with Gasteiger partial charge >= 0.3 is 0 Å².